The molecule has 0 radical (unpaired) electrons. The Morgan fingerprint density at radius 1 is 1.19 bits per heavy atom. The molecule has 16 heavy (non-hydrogen) atoms. The van der Waals surface area contributed by atoms with E-state index in [-0.39, 0.29) is 0 Å². The van der Waals surface area contributed by atoms with Crippen LogP contribution in [-0.4, -0.2) is 13.2 Å². The Kier molecular flexibility index (Phi) is 3.13. The molecule has 0 saturated carbocycles. The molecule has 88 valence electrons. The number of benzene rings is 1. The van der Waals surface area contributed by atoms with Crippen LogP contribution in [0.1, 0.15) is 17.4 Å². The van der Waals surface area contributed by atoms with Crippen molar-refractivity contribution in [1.29, 1.82) is 0 Å². The predicted octanol–water partition coefficient (Wildman–Crippen LogP) is 1.83. The van der Waals surface area contributed by atoms with E-state index in [0.29, 0.717) is 18.7 Å². The molecule has 0 aliphatic carbocycles. The van der Waals surface area contributed by atoms with Crippen LogP contribution in [0.3, 0.4) is 0 Å². The lowest BCUT2D eigenvalue weighted by Gasteiger charge is -2.25. The zero-order valence-electron chi connectivity index (χ0n) is 8.34. The summed E-state index contributed by atoms with van der Waals surface area (Å²) in [6, 6.07) is 4.92. The first-order valence-electron chi connectivity index (χ1n) is 4.84. The molecule has 1 fully saturated rings. The Bertz CT molecular complexity index is 344. The van der Waals surface area contributed by atoms with Crippen LogP contribution < -0.4 is 10.9 Å². The zero-order valence-corrected chi connectivity index (χ0v) is 8.34. The largest absolute Gasteiger partial charge is 0.416 e. The molecule has 0 amide bonds. The second-order valence-corrected chi connectivity index (χ2v) is 3.44. The number of ether oxygens (including phenoxy) is 1. The molecule has 1 aromatic carbocycles. The third kappa shape index (κ3) is 2.52. The molecule has 1 aromatic rings. The predicted molar refractivity (Wildman–Crippen MR) is 51.3 cm³/mol. The minimum Gasteiger partial charge on any atom is -0.356 e. The van der Waals surface area contributed by atoms with Gasteiger partial charge >= 0.3 is 6.18 Å². The molecule has 1 atom stereocenters. The van der Waals surface area contributed by atoms with E-state index in [4.69, 9.17) is 4.74 Å². The van der Waals surface area contributed by atoms with Crippen LogP contribution in [0.15, 0.2) is 24.3 Å². The highest BCUT2D eigenvalue weighted by atomic mass is 19.4. The maximum Gasteiger partial charge on any atom is 0.416 e. The maximum absolute atomic E-state index is 12.3. The Morgan fingerprint density at radius 3 is 2.38 bits per heavy atom. The topological polar surface area (TPSA) is 33.3 Å². The fourth-order valence-corrected chi connectivity index (χ4v) is 1.46. The van der Waals surface area contributed by atoms with E-state index in [9.17, 15) is 13.2 Å². The minimum absolute atomic E-state index is 0.393. The average molecular weight is 232 g/mol. The number of alkyl halides is 3. The quantitative estimate of drug-likeness (QED) is 0.775. The Morgan fingerprint density at radius 2 is 1.88 bits per heavy atom. The van der Waals surface area contributed by atoms with E-state index >= 15 is 0 Å². The Labute approximate surface area is 90.6 Å². The van der Waals surface area contributed by atoms with E-state index in [1.807, 2.05) is 0 Å². The standard InChI is InChI=1S/C10H11F3N2O/c11-10(12,13)8-3-1-7(2-4-8)9-15-14-5-6-16-9/h1-4,9,14-15H,5-6H2. The number of hydrogen-bond acceptors (Lipinski definition) is 3. The first-order valence-corrected chi connectivity index (χ1v) is 4.84. The number of nitrogens with one attached hydrogen (secondary N) is 2. The van der Waals surface area contributed by atoms with E-state index in [0.717, 1.165) is 12.1 Å². The van der Waals surface area contributed by atoms with Crippen LogP contribution in [0.25, 0.3) is 0 Å². The van der Waals surface area contributed by atoms with Crippen LogP contribution in [0.2, 0.25) is 0 Å². The van der Waals surface area contributed by atoms with Gasteiger partial charge in [-0.3, -0.25) is 5.43 Å². The van der Waals surface area contributed by atoms with Crippen LogP contribution in [-0.2, 0) is 10.9 Å². The monoisotopic (exact) mass is 232 g/mol. The molecule has 3 nitrogen and oxygen atoms in total. The first-order chi connectivity index (χ1) is 7.57. The smallest absolute Gasteiger partial charge is 0.356 e. The summed E-state index contributed by atoms with van der Waals surface area (Å²) in [5.74, 6) is 0. The molecule has 2 rings (SSSR count). The number of halogens is 3. The van der Waals surface area contributed by atoms with Crippen molar-refractivity contribution in [2.75, 3.05) is 13.2 Å². The second kappa shape index (κ2) is 4.40. The average Bonchev–Trinajstić information content (AvgIpc) is 2.29. The Balaban J connectivity index is 2.12. The number of rotatable bonds is 1. The van der Waals surface area contributed by atoms with Crippen molar-refractivity contribution in [3.63, 3.8) is 0 Å². The van der Waals surface area contributed by atoms with Crippen LogP contribution >= 0.6 is 0 Å². The summed E-state index contributed by atoms with van der Waals surface area (Å²) in [6.45, 7) is 1.20. The molecular formula is C10H11F3N2O. The summed E-state index contributed by atoms with van der Waals surface area (Å²) in [6.07, 6.45) is -4.69. The lowest BCUT2D eigenvalue weighted by atomic mass is 10.1. The lowest BCUT2D eigenvalue weighted by molar-refractivity contribution is -0.137. The van der Waals surface area contributed by atoms with Crippen molar-refractivity contribution < 1.29 is 17.9 Å². The minimum atomic E-state index is -4.29. The van der Waals surface area contributed by atoms with Gasteiger partial charge in [-0.1, -0.05) is 12.1 Å². The van der Waals surface area contributed by atoms with Crippen molar-refractivity contribution in [1.82, 2.24) is 10.9 Å². The van der Waals surface area contributed by atoms with Gasteiger partial charge in [-0.05, 0) is 17.7 Å². The third-order valence-corrected chi connectivity index (χ3v) is 2.29. The number of hydrazine groups is 1. The summed E-state index contributed by atoms with van der Waals surface area (Å²) >= 11 is 0. The maximum atomic E-state index is 12.3. The summed E-state index contributed by atoms with van der Waals surface area (Å²) < 4.78 is 42.2. The molecule has 1 heterocycles. The third-order valence-electron chi connectivity index (χ3n) is 2.29. The molecule has 1 aliphatic rings. The van der Waals surface area contributed by atoms with Crippen molar-refractivity contribution >= 4 is 0 Å². The first kappa shape index (κ1) is 11.4. The van der Waals surface area contributed by atoms with E-state index in [2.05, 4.69) is 10.9 Å². The van der Waals surface area contributed by atoms with Gasteiger partial charge in [0.1, 0.15) is 6.23 Å². The SMILES string of the molecule is FC(F)(F)c1ccc(C2NNCCO2)cc1. The molecule has 1 unspecified atom stereocenters. The molecule has 6 heteroatoms. The van der Waals surface area contributed by atoms with Gasteiger partial charge in [-0.2, -0.15) is 13.2 Å². The van der Waals surface area contributed by atoms with E-state index in [1.54, 1.807) is 0 Å². The fourth-order valence-electron chi connectivity index (χ4n) is 1.46. The normalized spacial score (nSPS) is 22.1. The van der Waals surface area contributed by atoms with Crippen molar-refractivity contribution in [2.24, 2.45) is 0 Å². The highest BCUT2D eigenvalue weighted by Gasteiger charge is 2.30. The zero-order chi connectivity index (χ0) is 11.6. The molecule has 0 aromatic heterocycles. The summed E-state index contributed by atoms with van der Waals surface area (Å²) in [5.41, 5.74) is 5.74. The molecule has 0 spiro atoms. The second-order valence-electron chi connectivity index (χ2n) is 3.44. The van der Waals surface area contributed by atoms with E-state index in [1.165, 1.54) is 12.1 Å². The summed E-state index contributed by atoms with van der Waals surface area (Å²) in [4.78, 5) is 0. The molecule has 1 saturated heterocycles. The van der Waals surface area contributed by atoms with Crippen molar-refractivity contribution in [3.05, 3.63) is 35.4 Å². The van der Waals surface area contributed by atoms with Gasteiger partial charge < -0.3 is 4.74 Å². The van der Waals surface area contributed by atoms with Gasteiger partial charge in [-0.25, -0.2) is 5.43 Å². The van der Waals surface area contributed by atoms with Gasteiger partial charge in [-0.15, -0.1) is 0 Å². The fraction of sp³-hybridized carbons (Fsp3) is 0.400. The van der Waals surface area contributed by atoms with Crippen LogP contribution in [0, 0.1) is 0 Å². The number of hydrogen-bond donors (Lipinski definition) is 2. The van der Waals surface area contributed by atoms with Gasteiger partial charge in [0, 0.05) is 6.54 Å². The highest BCUT2D eigenvalue weighted by Crippen LogP contribution is 2.30. The van der Waals surface area contributed by atoms with Crippen molar-refractivity contribution in [3.8, 4) is 0 Å². The van der Waals surface area contributed by atoms with Gasteiger partial charge in [0.25, 0.3) is 0 Å². The lowest BCUT2D eigenvalue weighted by Crippen LogP contribution is -2.44. The molecule has 0 bridgehead atoms. The summed E-state index contributed by atoms with van der Waals surface area (Å²) in [7, 11) is 0. The molecule has 2 N–H and O–H groups in total. The van der Waals surface area contributed by atoms with Gasteiger partial charge in [0.2, 0.25) is 0 Å². The van der Waals surface area contributed by atoms with Gasteiger partial charge in [0.15, 0.2) is 0 Å². The van der Waals surface area contributed by atoms with Gasteiger partial charge in [0.05, 0.1) is 12.2 Å². The van der Waals surface area contributed by atoms with E-state index < -0.39 is 18.0 Å². The van der Waals surface area contributed by atoms with Crippen molar-refractivity contribution in [2.45, 2.75) is 12.4 Å². The summed E-state index contributed by atoms with van der Waals surface area (Å²) in [5, 5.41) is 0. The highest BCUT2D eigenvalue weighted by molar-refractivity contribution is 5.25. The Hall–Kier alpha value is -1.11. The molecule has 1 aliphatic heterocycles. The van der Waals surface area contributed by atoms with Crippen LogP contribution in [0.4, 0.5) is 13.2 Å². The molecular weight excluding hydrogens is 221 g/mol. The van der Waals surface area contributed by atoms with Crippen LogP contribution in [0.5, 0.6) is 0 Å².